The number of hydrogen-bond donors (Lipinski definition) is 0. The van der Waals surface area contributed by atoms with Crippen LogP contribution in [0.5, 0.6) is 6.01 Å². The molecule has 7 heteroatoms. The lowest BCUT2D eigenvalue weighted by Gasteiger charge is -2.20. The summed E-state index contributed by atoms with van der Waals surface area (Å²) in [5.41, 5.74) is 0.437. The van der Waals surface area contributed by atoms with Crippen molar-refractivity contribution in [2.24, 2.45) is 0 Å². The van der Waals surface area contributed by atoms with Gasteiger partial charge in [-0.2, -0.15) is 9.97 Å². The Bertz CT molecular complexity index is 767. The molecule has 2 rings (SSSR count). The van der Waals surface area contributed by atoms with Crippen LogP contribution in [0.4, 0.5) is 0 Å². The molecule has 2 aromatic rings. The van der Waals surface area contributed by atoms with Crippen LogP contribution in [0, 0.1) is 0 Å². The van der Waals surface area contributed by atoms with Gasteiger partial charge in [-0.1, -0.05) is 17.7 Å². The Morgan fingerprint density at radius 2 is 1.85 bits per heavy atom. The van der Waals surface area contributed by atoms with Crippen molar-refractivity contribution in [1.82, 2.24) is 9.97 Å². The summed E-state index contributed by atoms with van der Waals surface area (Å²) in [4.78, 5) is 8.21. The number of methoxy groups -OCH3 is 1. The molecule has 0 aliphatic heterocycles. The molecule has 108 valence electrons. The molecule has 0 atom stereocenters. The van der Waals surface area contributed by atoms with Gasteiger partial charge in [0.25, 0.3) is 0 Å². The van der Waals surface area contributed by atoms with Gasteiger partial charge in [-0.05, 0) is 32.9 Å². The van der Waals surface area contributed by atoms with E-state index < -0.39 is 14.6 Å². The van der Waals surface area contributed by atoms with Crippen LogP contribution in [-0.2, 0) is 9.84 Å². The maximum Gasteiger partial charge on any atom is 0.318 e. The molecule has 0 unspecified atom stereocenters. The second kappa shape index (κ2) is 4.86. The van der Waals surface area contributed by atoms with E-state index in [0.29, 0.717) is 10.9 Å². The molecular formula is C13H15ClN2O3S. The molecule has 1 aromatic heterocycles. The van der Waals surface area contributed by atoms with Gasteiger partial charge in [0.15, 0.2) is 9.84 Å². The predicted octanol–water partition coefficient (Wildman–Crippen LogP) is 2.86. The van der Waals surface area contributed by atoms with Gasteiger partial charge in [0.1, 0.15) is 5.15 Å². The van der Waals surface area contributed by atoms with Crippen molar-refractivity contribution in [3.05, 3.63) is 23.4 Å². The number of rotatable bonds is 2. The fourth-order valence-electron chi connectivity index (χ4n) is 1.73. The lowest BCUT2D eigenvalue weighted by atomic mass is 10.2. The molecule has 0 aliphatic carbocycles. The molecule has 0 saturated carbocycles. The highest BCUT2D eigenvalue weighted by molar-refractivity contribution is 7.93. The van der Waals surface area contributed by atoms with Crippen molar-refractivity contribution >= 4 is 32.3 Å². The quantitative estimate of drug-likeness (QED) is 0.797. The summed E-state index contributed by atoms with van der Waals surface area (Å²) in [6.07, 6.45) is 0. The van der Waals surface area contributed by atoms with Crippen LogP contribution < -0.4 is 4.74 Å². The van der Waals surface area contributed by atoms with E-state index in [1.807, 2.05) is 0 Å². The summed E-state index contributed by atoms with van der Waals surface area (Å²) in [5, 5.41) is 0.389. The Labute approximate surface area is 122 Å². The van der Waals surface area contributed by atoms with Gasteiger partial charge in [0.05, 0.1) is 27.7 Å². The Morgan fingerprint density at radius 1 is 1.20 bits per heavy atom. The first kappa shape index (κ1) is 15.0. The van der Waals surface area contributed by atoms with Crippen molar-refractivity contribution in [2.75, 3.05) is 7.11 Å². The first-order valence-electron chi connectivity index (χ1n) is 5.93. The minimum absolute atomic E-state index is 0.0651. The fraction of sp³-hybridized carbons (Fsp3) is 0.385. The number of sulfone groups is 1. The van der Waals surface area contributed by atoms with E-state index in [1.54, 1.807) is 32.9 Å². The third-order valence-electron chi connectivity index (χ3n) is 2.90. The molecule has 0 radical (unpaired) electrons. The lowest BCUT2D eigenvalue weighted by Crippen LogP contribution is -2.28. The number of hydrogen-bond acceptors (Lipinski definition) is 5. The number of benzene rings is 1. The van der Waals surface area contributed by atoms with E-state index in [9.17, 15) is 8.42 Å². The maximum absolute atomic E-state index is 12.6. The van der Waals surface area contributed by atoms with Gasteiger partial charge < -0.3 is 4.74 Å². The Morgan fingerprint density at radius 3 is 2.40 bits per heavy atom. The van der Waals surface area contributed by atoms with Crippen molar-refractivity contribution in [3.8, 4) is 6.01 Å². The van der Waals surface area contributed by atoms with Crippen LogP contribution in [0.25, 0.3) is 10.9 Å². The molecule has 0 aliphatic rings. The van der Waals surface area contributed by atoms with Crippen LogP contribution in [0.2, 0.25) is 5.15 Å². The van der Waals surface area contributed by atoms with Crippen molar-refractivity contribution in [3.63, 3.8) is 0 Å². The minimum atomic E-state index is -3.55. The largest absolute Gasteiger partial charge is 0.467 e. The van der Waals surface area contributed by atoms with E-state index in [-0.39, 0.29) is 16.1 Å². The summed E-state index contributed by atoms with van der Waals surface area (Å²) in [7, 11) is -2.13. The number of aromatic nitrogens is 2. The second-order valence-corrected chi connectivity index (χ2v) is 8.30. The van der Waals surface area contributed by atoms with Crippen LogP contribution in [0.15, 0.2) is 23.1 Å². The number of ether oxygens (including phenoxy) is 1. The molecule has 1 aromatic carbocycles. The topological polar surface area (TPSA) is 69.2 Å². The number of halogens is 1. The van der Waals surface area contributed by atoms with E-state index in [1.165, 1.54) is 13.2 Å². The van der Waals surface area contributed by atoms with Gasteiger partial charge in [-0.25, -0.2) is 8.42 Å². The highest BCUT2D eigenvalue weighted by Gasteiger charge is 2.33. The van der Waals surface area contributed by atoms with E-state index >= 15 is 0 Å². The third-order valence-corrected chi connectivity index (χ3v) is 5.70. The summed E-state index contributed by atoms with van der Waals surface area (Å²) in [5.74, 6) is 0. The molecule has 0 bridgehead atoms. The molecular weight excluding hydrogens is 300 g/mol. The first-order valence-corrected chi connectivity index (χ1v) is 7.79. The average Bonchev–Trinajstić information content (AvgIpc) is 2.36. The molecule has 0 N–H and O–H groups in total. The zero-order chi connectivity index (χ0) is 15.1. The highest BCUT2D eigenvalue weighted by atomic mass is 35.5. The van der Waals surface area contributed by atoms with Crippen LogP contribution in [0.3, 0.4) is 0 Å². The Balaban J connectivity index is 2.87. The molecule has 0 spiro atoms. The third kappa shape index (κ3) is 2.33. The molecule has 20 heavy (non-hydrogen) atoms. The van der Waals surface area contributed by atoms with Crippen molar-refractivity contribution in [2.45, 2.75) is 30.4 Å². The molecule has 5 nitrogen and oxygen atoms in total. The van der Waals surface area contributed by atoms with Gasteiger partial charge in [0, 0.05) is 0 Å². The number of fused-ring (bicyclic) bond motifs is 1. The average molecular weight is 315 g/mol. The molecule has 0 fully saturated rings. The Kier molecular flexibility index (Phi) is 3.64. The monoisotopic (exact) mass is 314 g/mol. The summed E-state index contributed by atoms with van der Waals surface area (Å²) >= 11 is 6.11. The smallest absolute Gasteiger partial charge is 0.318 e. The van der Waals surface area contributed by atoms with Crippen molar-refractivity contribution < 1.29 is 13.2 Å². The summed E-state index contributed by atoms with van der Waals surface area (Å²) in [6.45, 7) is 4.92. The predicted molar refractivity (Wildman–Crippen MR) is 78.0 cm³/mol. The van der Waals surface area contributed by atoms with E-state index in [0.717, 1.165) is 0 Å². The van der Waals surface area contributed by atoms with Gasteiger partial charge in [0.2, 0.25) is 0 Å². The zero-order valence-electron chi connectivity index (χ0n) is 11.6. The molecule has 1 heterocycles. The van der Waals surface area contributed by atoms with E-state index in [2.05, 4.69) is 9.97 Å². The zero-order valence-corrected chi connectivity index (χ0v) is 13.2. The highest BCUT2D eigenvalue weighted by Crippen LogP contribution is 2.34. The van der Waals surface area contributed by atoms with Crippen LogP contribution in [-0.4, -0.2) is 30.2 Å². The first-order chi connectivity index (χ1) is 9.18. The van der Waals surface area contributed by atoms with Crippen molar-refractivity contribution in [1.29, 1.82) is 0 Å². The molecule has 0 amide bonds. The number of nitrogens with zero attached hydrogens (tertiary/aromatic N) is 2. The van der Waals surface area contributed by atoms with Crippen LogP contribution in [0.1, 0.15) is 20.8 Å². The normalized spacial score (nSPS) is 12.7. The van der Waals surface area contributed by atoms with Gasteiger partial charge in [-0.15, -0.1) is 0 Å². The minimum Gasteiger partial charge on any atom is -0.467 e. The van der Waals surface area contributed by atoms with Gasteiger partial charge >= 0.3 is 6.01 Å². The fourth-order valence-corrected chi connectivity index (χ4v) is 3.45. The van der Waals surface area contributed by atoms with Gasteiger partial charge in [-0.3, -0.25) is 0 Å². The van der Waals surface area contributed by atoms with E-state index in [4.69, 9.17) is 16.3 Å². The summed E-state index contributed by atoms with van der Waals surface area (Å²) in [6, 6.07) is 4.93. The maximum atomic E-state index is 12.6. The molecule has 0 saturated heterocycles. The second-order valence-electron chi connectivity index (χ2n) is 5.27. The SMILES string of the molecule is COc1nc(Cl)c2c(S(=O)(=O)C(C)(C)C)cccc2n1. The standard InChI is InChI=1S/C13H15ClN2O3S/c1-13(2,3)20(17,18)9-7-5-6-8-10(9)11(14)16-12(15-8)19-4/h5-7H,1-4H3. The Hall–Kier alpha value is -1.40. The van der Waals surface area contributed by atoms with Crippen LogP contribution >= 0.6 is 11.6 Å². The lowest BCUT2D eigenvalue weighted by molar-refractivity contribution is 0.382. The summed E-state index contributed by atoms with van der Waals surface area (Å²) < 4.78 is 29.3.